The molecule has 1 aromatic heterocycles. The summed E-state index contributed by atoms with van der Waals surface area (Å²) in [5, 5.41) is 0.251. The molecule has 1 saturated heterocycles. The molecule has 6 nitrogen and oxygen atoms in total. The van der Waals surface area contributed by atoms with Crippen LogP contribution < -0.4 is 0 Å². The molecular weight excluding hydrogens is 466 g/mol. The third-order valence-corrected chi connectivity index (χ3v) is 8.72. The van der Waals surface area contributed by atoms with E-state index in [0.29, 0.717) is 31.2 Å². The van der Waals surface area contributed by atoms with E-state index in [1.165, 1.54) is 22.3 Å². The van der Waals surface area contributed by atoms with E-state index in [1.807, 2.05) is 72.5 Å². The molecule has 0 radical (unpaired) electrons. The lowest BCUT2D eigenvalue weighted by Gasteiger charge is -2.26. The first-order chi connectivity index (χ1) is 16.4. The number of thioether (sulfide) groups is 1. The van der Waals surface area contributed by atoms with Gasteiger partial charge in [0.05, 0.1) is 10.3 Å². The van der Waals surface area contributed by atoms with Gasteiger partial charge in [0, 0.05) is 32.4 Å². The van der Waals surface area contributed by atoms with Crippen LogP contribution in [0.5, 0.6) is 0 Å². The van der Waals surface area contributed by atoms with Crippen LogP contribution in [0.25, 0.3) is 0 Å². The summed E-state index contributed by atoms with van der Waals surface area (Å²) >= 11 is 1.34. The Balaban J connectivity index is 1.46. The second kappa shape index (κ2) is 11.2. The van der Waals surface area contributed by atoms with E-state index in [4.69, 9.17) is 0 Å². The van der Waals surface area contributed by atoms with E-state index in [9.17, 15) is 13.2 Å². The summed E-state index contributed by atoms with van der Waals surface area (Å²) in [6, 6.07) is 23.2. The summed E-state index contributed by atoms with van der Waals surface area (Å²) in [6.07, 6.45) is 3.18. The first-order valence-electron chi connectivity index (χ1n) is 11.4. The van der Waals surface area contributed by atoms with Crippen LogP contribution in [0.4, 0.5) is 0 Å². The Morgan fingerprint density at radius 2 is 1.50 bits per heavy atom. The monoisotopic (exact) mass is 495 g/mol. The molecule has 3 aromatic rings. The lowest BCUT2D eigenvalue weighted by Crippen LogP contribution is -2.35. The summed E-state index contributed by atoms with van der Waals surface area (Å²) < 4.78 is 27.0. The molecule has 34 heavy (non-hydrogen) atoms. The first-order valence-corrected chi connectivity index (χ1v) is 13.7. The summed E-state index contributed by atoms with van der Waals surface area (Å²) in [5.74, 6) is 0.00766. The molecule has 0 spiro atoms. The Kier molecular flexibility index (Phi) is 8.03. The van der Waals surface area contributed by atoms with Crippen molar-refractivity contribution in [2.75, 3.05) is 13.1 Å². The molecule has 2 heterocycles. The molecular formula is C26H29N3O3S2. The molecule has 1 amide bonds. The Hall–Kier alpha value is -2.68. The molecule has 1 aliphatic heterocycles. The number of benzene rings is 2. The van der Waals surface area contributed by atoms with Crippen molar-refractivity contribution in [2.45, 2.75) is 48.0 Å². The van der Waals surface area contributed by atoms with Crippen molar-refractivity contribution in [2.24, 2.45) is 0 Å². The number of pyridine rings is 1. The Bertz CT molecular complexity index is 1140. The molecule has 1 unspecified atom stereocenters. The number of aromatic nitrogens is 1. The fraction of sp³-hybridized carbons (Fsp3) is 0.308. The lowest BCUT2D eigenvalue weighted by atomic mass is 10.1. The number of sulfonamides is 1. The minimum absolute atomic E-state index is 0.00766. The van der Waals surface area contributed by atoms with Gasteiger partial charge in [-0.05, 0) is 43.0 Å². The van der Waals surface area contributed by atoms with Gasteiger partial charge >= 0.3 is 0 Å². The predicted octanol–water partition coefficient (Wildman–Crippen LogP) is 4.58. The zero-order valence-corrected chi connectivity index (χ0v) is 20.8. The highest BCUT2D eigenvalue weighted by Crippen LogP contribution is 2.26. The van der Waals surface area contributed by atoms with Crippen molar-refractivity contribution in [1.29, 1.82) is 0 Å². The first kappa shape index (κ1) is 24.4. The largest absolute Gasteiger partial charge is 0.333 e. The number of carbonyl (C=O) groups is 1. The van der Waals surface area contributed by atoms with Crippen LogP contribution in [-0.2, 0) is 27.9 Å². The number of hydrogen-bond acceptors (Lipinski definition) is 5. The van der Waals surface area contributed by atoms with E-state index in [2.05, 4.69) is 4.98 Å². The zero-order chi connectivity index (χ0) is 24.0. The van der Waals surface area contributed by atoms with Crippen molar-refractivity contribution < 1.29 is 13.2 Å². The van der Waals surface area contributed by atoms with Crippen molar-refractivity contribution in [1.82, 2.24) is 14.2 Å². The average molecular weight is 496 g/mol. The topological polar surface area (TPSA) is 70.6 Å². The zero-order valence-electron chi connectivity index (χ0n) is 19.2. The van der Waals surface area contributed by atoms with Gasteiger partial charge in [0.15, 0.2) is 0 Å². The summed E-state index contributed by atoms with van der Waals surface area (Å²) in [6.45, 7) is 4.01. The number of rotatable bonds is 9. The van der Waals surface area contributed by atoms with Crippen LogP contribution >= 0.6 is 11.8 Å². The third kappa shape index (κ3) is 6.05. The van der Waals surface area contributed by atoms with Crippen LogP contribution in [-0.4, -0.2) is 46.9 Å². The quantitative estimate of drug-likeness (QED) is 0.407. The van der Waals surface area contributed by atoms with Gasteiger partial charge < -0.3 is 4.90 Å². The highest BCUT2D eigenvalue weighted by molar-refractivity contribution is 8.00. The third-order valence-electron chi connectivity index (χ3n) is 5.80. The minimum atomic E-state index is -3.50. The van der Waals surface area contributed by atoms with Crippen molar-refractivity contribution in [3.63, 3.8) is 0 Å². The van der Waals surface area contributed by atoms with Gasteiger partial charge in [-0.15, -0.1) is 0 Å². The van der Waals surface area contributed by atoms with Crippen molar-refractivity contribution in [3.8, 4) is 0 Å². The van der Waals surface area contributed by atoms with Gasteiger partial charge in [-0.25, -0.2) is 13.4 Å². The normalized spacial score (nSPS) is 15.2. The molecule has 1 aliphatic rings. The van der Waals surface area contributed by atoms with E-state index in [1.54, 1.807) is 12.1 Å². The molecule has 178 valence electrons. The van der Waals surface area contributed by atoms with Crippen molar-refractivity contribution >= 4 is 27.7 Å². The summed E-state index contributed by atoms with van der Waals surface area (Å²) in [7, 11) is -3.50. The number of amides is 1. The molecule has 8 heteroatoms. The van der Waals surface area contributed by atoms with E-state index in [-0.39, 0.29) is 16.1 Å². The van der Waals surface area contributed by atoms with Crippen LogP contribution in [0.2, 0.25) is 0 Å². The fourth-order valence-electron chi connectivity index (χ4n) is 3.97. The van der Waals surface area contributed by atoms with Gasteiger partial charge in [0.1, 0.15) is 4.90 Å². The fourth-order valence-corrected chi connectivity index (χ4v) is 6.31. The van der Waals surface area contributed by atoms with Gasteiger partial charge in [-0.1, -0.05) is 72.4 Å². The van der Waals surface area contributed by atoms with Gasteiger partial charge in [-0.2, -0.15) is 4.31 Å². The number of nitrogens with zero attached hydrogens (tertiary/aromatic N) is 3. The maximum Gasteiger partial charge on any atom is 0.244 e. The van der Waals surface area contributed by atoms with Crippen LogP contribution in [0.15, 0.2) is 88.9 Å². The van der Waals surface area contributed by atoms with E-state index < -0.39 is 10.0 Å². The number of carbonyl (C=O) groups excluding carboxylic acids is 1. The van der Waals surface area contributed by atoms with Gasteiger partial charge in [0.2, 0.25) is 15.9 Å². The van der Waals surface area contributed by atoms with Crippen LogP contribution in [0, 0.1) is 0 Å². The highest BCUT2D eigenvalue weighted by atomic mass is 32.2. The van der Waals surface area contributed by atoms with Crippen LogP contribution in [0.3, 0.4) is 0 Å². The lowest BCUT2D eigenvalue weighted by molar-refractivity contribution is -0.131. The Labute approximate surface area is 206 Å². The minimum Gasteiger partial charge on any atom is -0.333 e. The maximum atomic E-state index is 13.4. The second-order valence-electron chi connectivity index (χ2n) is 8.37. The Morgan fingerprint density at radius 1 is 0.941 bits per heavy atom. The molecule has 1 atom stereocenters. The molecule has 0 N–H and O–H groups in total. The van der Waals surface area contributed by atoms with Gasteiger partial charge in [-0.3, -0.25) is 4.79 Å². The van der Waals surface area contributed by atoms with Gasteiger partial charge in [0.25, 0.3) is 0 Å². The smallest absolute Gasteiger partial charge is 0.244 e. The summed E-state index contributed by atoms with van der Waals surface area (Å²) in [5.41, 5.74) is 2.14. The highest BCUT2D eigenvalue weighted by Gasteiger charge is 2.28. The average Bonchev–Trinajstić information content (AvgIpc) is 3.41. The Morgan fingerprint density at radius 3 is 2.00 bits per heavy atom. The molecule has 4 rings (SSSR count). The number of hydrogen-bond donors (Lipinski definition) is 0. The van der Waals surface area contributed by atoms with E-state index in [0.717, 1.165) is 24.0 Å². The standard InChI is InChI=1S/C26H29N3O3S2/c1-21(33-25-15-14-24(18-27-25)34(31,32)29-16-8-9-17-29)26(30)28(19-22-10-4-2-5-11-22)20-23-12-6-3-7-13-23/h2-7,10-15,18,21H,8-9,16-17,19-20H2,1H3. The molecule has 0 aliphatic carbocycles. The maximum absolute atomic E-state index is 13.4. The van der Waals surface area contributed by atoms with E-state index >= 15 is 0 Å². The molecule has 0 bridgehead atoms. The predicted molar refractivity (Wildman–Crippen MR) is 135 cm³/mol. The molecule has 2 aromatic carbocycles. The van der Waals surface area contributed by atoms with Crippen LogP contribution in [0.1, 0.15) is 30.9 Å². The molecule has 0 saturated carbocycles. The van der Waals surface area contributed by atoms with Crippen molar-refractivity contribution in [3.05, 3.63) is 90.1 Å². The molecule has 1 fully saturated rings. The summed E-state index contributed by atoms with van der Waals surface area (Å²) in [4.78, 5) is 19.8. The SMILES string of the molecule is CC(Sc1ccc(S(=O)(=O)N2CCCC2)cn1)C(=O)N(Cc1ccccc1)Cc1ccccc1. The second-order valence-corrected chi connectivity index (χ2v) is 11.7.